The van der Waals surface area contributed by atoms with E-state index in [9.17, 15) is 4.79 Å². The molecule has 82 valence electrons. The quantitative estimate of drug-likeness (QED) is 0.568. The van der Waals surface area contributed by atoms with Gasteiger partial charge in [0.05, 0.1) is 0 Å². The summed E-state index contributed by atoms with van der Waals surface area (Å²) < 4.78 is 0. The van der Waals surface area contributed by atoms with Gasteiger partial charge in [-0.15, -0.1) is 0 Å². The fourth-order valence-electron chi connectivity index (χ4n) is 1.17. The van der Waals surface area contributed by atoms with Crippen molar-refractivity contribution in [3.63, 3.8) is 0 Å². The molecule has 0 heterocycles. The predicted octanol–water partition coefficient (Wildman–Crippen LogP) is 0.870. The van der Waals surface area contributed by atoms with Crippen LogP contribution in [0, 0.1) is 0 Å². The van der Waals surface area contributed by atoms with Gasteiger partial charge in [0.1, 0.15) is 0 Å². The maximum absolute atomic E-state index is 10.8. The molecule has 0 unspecified atom stereocenters. The Bertz CT molecular complexity index is 332. The van der Waals surface area contributed by atoms with Crippen molar-refractivity contribution in [2.24, 2.45) is 11.6 Å². The van der Waals surface area contributed by atoms with Crippen molar-refractivity contribution in [2.45, 2.75) is 26.4 Å². The second-order valence-electron chi connectivity index (χ2n) is 3.83. The van der Waals surface area contributed by atoms with Gasteiger partial charge in [-0.3, -0.25) is 10.6 Å². The van der Waals surface area contributed by atoms with Gasteiger partial charge >= 0.3 is 0 Å². The number of rotatable bonds is 4. The van der Waals surface area contributed by atoms with Crippen molar-refractivity contribution in [2.75, 3.05) is 0 Å². The Hall–Kier alpha value is -1.39. The molecule has 4 nitrogen and oxygen atoms in total. The minimum absolute atomic E-state index is 0.292. The average molecular weight is 207 g/mol. The summed E-state index contributed by atoms with van der Waals surface area (Å²) in [7, 11) is 0. The van der Waals surface area contributed by atoms with E-state index in [1.807, 2.05) is 26.0 Å². The summed E-state index contributed by atoms with van der Waals surface area (Å²) in [5.41, 5.74) is 6.73. The molecule has 4 heteroatoms. The third-order valence-electron chi connectivity index (χ3n) is 2.27. The third kappa shape index (κ3) is 3.34. The Morgan fingerprint density at radius 1 is 1.33 bits per heavy atom. The van der Waals surface area contributed by atoms with Gasteiger partial charge in [-0.05, 0) is 31.5 Å². The number of benzene rings is 1. The van der Waals surface area contributed by atoms with Crippen molar-refractivity contribution in [1.82, 2.24) is 5.01 Å². The summed E-state index contributed by atoms with van der Waals surface area (Å²) in [6.07, 6.45) is 0. The standard InChI is InChI=1S/C11H17N3O/c1-8(2)14(13)7-9-3-5-10(6-4-9)11(12)15/h3-6,8H,7,13H2,1-2H3,(H2,12,15). The van der Waals surface area contributed by atoms with E-state index < -0.39 is 5.91 Å². The van der Waals surface area contributed by atoms with Crippen LogP contribution in [-0.2, 0) is 6.54 Å². The zero-order chi connectivity index (χ0) is 11.4. The molecule has 0 bridgehead atoms. The first-order valence-corrected chi connectivity index (χ1v) is 4.91. The van der Waals surface area contributed by atoms with Crippen LogP contribution in [0.25, 0.3) is 0 Å². The number of carbonyl (C=O) groups excluding carboxylic acids is 1. The van der Waals surface area contributed by atoms with Gasteiger partial charge in [0.2, 0.25) is 5.91 Å². The van der Waals surface area contributed by atoms with E-state index in [4.69, 9.17) is 11.6 Å². The molecule has 0 aliphatic rings. The van der Waals surface area contributed by atoms with Gasteiger partial charge in [0, 0.05) is 18.2 Å². The zero-order valence-electron chi connectivity index (χ0n) is 9.10. The summed E-state index contributed by atoms with van der Waals surface area (Å²) in [5.74, 6) is 5.38. The van der Waals surface area contributed by atoms with Gasteiger partial charge in [-0.25, -0.2) is 5.01 Å². The van der Waals surface area contributed by atoms with Crippen LogP contribution < -0.4 is 11.6 Å². The number of nitrogens with zero attached hydrogens (tertiary/aromatic N) is 1. The third-order valence-corrected chi connectivity index (χ3v) is 2.27. The Labute approximate surface area is 89.8 Å². The number of hydrazine groups is 1. The van der Waals surface area contributed by atoms with E-state index in [0.717, 1.165) is 5.56 Å². The Morgan fingerprint density at radius 3 is 2.27 bits per heavy atom. The van der Waals surface area contributed by atoms with Crippen LogP contribution in [0.1, 0.15) is 29.8 Å². The van der Waals surface area contributed by atoms with Crippen molar-refractivity contribution in [1.29, 1.82) is 0 Å². The number of hydrogen-bond donors (Lipinski definition) is 2. The SMILES string of the molecule is CC(C)N(N)Cc1ccc(C(N)=O)cc1. The highest BCUT2D eigenvalue weighted by Gasteiger charge is 2.05. The normalized spacial score (nSPS) is 11.0. The van der Waals surface area contributed by atoms with Gasteiger partial charge in [0.15, 0.2) is 0 Å². The second-order valence-corrected chi connectivity index (χ2v) is 3.83. The molecule has 0 radical (unpaired) electrons. The van der Waals surface area contributed by atoms with E-state index in [2.05, 4.69) is 0 Å². The van der Waals surface area contributed by atoms with Crippen molar-refractivity contribution in [3.8, 4) is 0 Å². The lowest BCUT2D eigenvalue weighted by Crippen LogP contribution is -2.36. The Morgan fingerprint density at radius 2 is 1.87 bits per heavy atom. The highest BCUT2D eigenvalue weighted by molar-refractivity contribution is 5.92. The van der Waals surface area contributed by atoms with Gasteiger partial charge in [-0.2, -0.15) is 0 Å². The molecule has 0 spiro atoms. The first kappa shape index (κ1) is 11.7. The summed E-state index contributed by atoms with van der Waals surface area (Å²) in [5, 5.41) is 1.74. The molecular formula is C11H17N3O. The summed E-state index contributed by atoms with van der Waals surface area (Å²) in [6.45, 7) is 4.71. The molecule has 4 N–H and O–H groups in total. The Balaban J connectivity index is 2.68. The first-order valence-electron chi connectivity index (χ1n) is 4.91. The van der Waals surface area contributed by atoms with Crippen LogP contribution in [0.3, 0.4) is 0 Å². The molecule has 0 atom stereocenters. The number of carbonyl (C=O) groups is 1. The maximum Gasteiger partial charge on any atom is 0.248 e. The number of primary amides is 1. The van der Waals surface area contributed by atoms with Crippen LogP contribution in [0.4, 0.5) is 0 Å². The molecule has 1 aromatic rings. The van der Waals surface area contributed by atoms with Crippen LogP contribution in [0.15, 0.2) is 24.3 Å². The summed E-state index contributed by atoms with van der Waals surface area (Å²) >= 11 is 0. The molecule has 15 heavy (non-hydrogen) atoms. The van der Waals surface area contributed by atoms with Gasteiger partial charge in [0.25, 0.3) is 0 Å². The molecular weight excluding hydrogens is 190 g/mol. The highest BCUT2D eigenvalue weighted by Crippen LogP contribution is 2.06. The smallest absolute Gasteiger partial charge is 0.248 e. The maximum atomic E-state index is 10.8. The molecule has 0 aromatic heterocycles. The zero-order valence-corrected chi connectivity index (χ0v) is 9.10. The van der Waals surface area contributed by atoms with Gasteiger partial charge in [-0.1, -0.05) is 12.1 Å². The fraction of sp³-hybridized carbons (Fsp3) is 0.364. The monoisotopic (exact) mass is 207 g/mol. The van der Waals surface area contributed by atoms with E-state index >= 15 is 0 Å². The predicted molar refractivity (Wildman–Crippen MR) is 59.8 cm³/mol. The minimum Gasteiger partial charge on any atom is -0.366 e. The molecule has 0 aliphatic carbocycles. The molecule has 0 saturated heterocycles. The second kappa shape index (κ2) is 4.91. The van der Waals surface area contributed by atoms with Gasteiger partial charge < -0.3 is 5.73 Å². The lowest BCUT2D eigenvalue weighted by molar-refractivity contribution is 0.100. The molecule has 0 fully saturated rings. The van der Waals surface area contributed by atoms with Crippen molar-refractivity contribution in [3.05, 3.63) is 35.4 Å². The summed E-state index contributed by atoms with van der Waals surface area (Å²) in [4.78, 5) is 10.8. The molecule has 1 aromatic carbocycles. The number of hydrogen-bond acceptors (Lipinski definition) is 3. The lowest BCUT2D eigenvalue weighted by atomic mass is 10.1. The van der Waals surface area contributed by atoms with Crippen molar-refractivity contribution < 1.29 is 4.79 Å². The topological polar surface area (TPSA) is 72.3 Å². The highest BCUT2D eigenvalue weighted by atomic mass is 16.1. The molecule has 0 saturated carbocycles. The number of nitrogens with two attached hydrogens (primary N) is 2. The lowest BCUT2D eigenvalue weighted by Gasteiger charge is -2.20. The summed E-state index contributed by atoms with van der Waals surface area (Å²) in [6, 6.07) is 7.45. The minimum atomic E-state index is -0.407. The van der Waals surface area contributed by atoms with Crippen LogP contribution in [0.2, 0.25) is 0 Å². The van der Waals surface area contributed by atoms with Crippen LogP contribution >= 0.6 is 0 Å². The van der Waals surface area contributed by atoms with Crippen molar-refractivity contribution >= 4 is 5.91 Å². The molecule has 1 rings (SSSR count). The van der Waals surface area contributed by atoms with E-state index in [1.165, 1.54) is 0 Å². The largest absolute Gasteiger partial charge is 0.366 e. The fourth-order valence-corrected chi connectivity index (χ4v) is 1.17. The van der Waals surface area contributed by atoms with E-state index in [0.29, 0.717) is 18.2 Å². The first-order chi connectivity index (χ1) is 7.00. The van der Waals surface area contributed by atoms with Crippen LogP contribution in [0.5, 0.6) is 0 Å². The number of amides is 1. The molecule has 0 aliphatic heterocycles. The molecule has 1 amide bonds. The van der Waals surface area contributed by atoms with E-state index in [-0.39, 0.29) is 0 Å². The van der Waals surface area contributed by atoms with Crippen LogP contribution in [-0.4, -0.2) is 17.0 Å². The van der Waals surface area contributed by atoms with E-state index in [1.54, 1.807) is 17.1 Å². The average Bonchev–Trinajstić information content (AvgIpc) is 2.18. The Kier molecular flexibility index (Phi) is 3.82.